The molecule has 1 fully saturated rings. The van der Waals surface area contributed by atoms with Crippen LogP contribution in [-0.2, 0) is 6.54 Å². The fourth-order valence-corrected chi connectivity index (χ4v) is 3.37. The van der Waals surface area contributed by atoms with Gasteiger partial charge in [0.1, 0.15) is 0 Å². The molecule has 0 unspecified atom stereocenters. The van der Waals surface area contributed by atoms with E-state index in [4.69, 9.17) is 0 Å². The Morgan fingerprint density at radius 2 is 1.92 bits per heavy atom. The summed E-state index contributed by atoms with van der Waals surface area (Å²) < 4.78 is 0. The molecule has 2 aromatic rings. The summed E-state index contributed by atoms with van der Waals surface area (Å²) in [6, 6.07) is 8.24. The number of hydrogen-bond acceptors (Lipinski definition) is 5. The Labute approximate surface area is 146 Å². The number of piperazine rings is 1. The maximum atomic E-state index is 12.3. The quantitative estimate of drug-likeness (QED) is 0.923. The second-order valence-electron chi connectivity index (χ2n) is 6.01. The first-order valence-corrected chi connectivity index (χ1v) is 8.95. The smallest absolute Gasteiger partial charge is 0.317 e. The Hall–Kier alpha value is -2.28. The lowest BCUT2D eigenvalue weighted by Crippen LogP contribution is -2.51. The Morgan fingerprint density at radius 1 is 1.21 bits per heavy atom. The van der Waals surface area contributed by atoms with Gasteiger partial charge < -0.3 is 20.0 Å². The van der Waals surface area contributed by atoms with Crippen molar-refractivity contribution in [2.45, 2.75) is 6.54 Å². The average molecular weight is 345 g/mol. The molecule has 1 aliphatic rings. The number of thiazole rings is 1. The average Bonchev–Trinajstić information content (AvgIpc) is 3.15. The molecule has 2 heterocycles. The normalized spacial score (nSPS) is 14.6. The highest BCUT2D eigenvalue weighted by molar-refractivity contribution is 7.13. The summed E-state index contributed by atoms with van der Waals surface area (Å²) in [5, 5.41) is 6.03. The van der Waals surface area contributed by atoms with Crippen LogP contribution in [0.3, 0.4) is 0 Å². The summed E-state index contributed by atoms with van der Waals surface area (Å²) in [6.07, 6.45) is 1.82. The minimum Gasteiger partial charge on any atom is -0.378 e. The van der Waals surface area contributed by atoms with E-state index in [0.29, 0.717) is 6.54 Å². The van der Waals surface area contributed by atoms with Crippen LogP contribution in [0.5, 0.6) is 0 Å². The Morgan fingerprint density at radius 3 is 2.50 bits per heavy atom. The molecule has 6 nitrogen and oxygen atoms in total. The minimum atomic E-state index is 0.00507. The number of anilines is 2. The van der Waals surface area contributed by atoms with Crippen molar-refractivity contribution in [3.63, 3.8) is 0 Å². The van der Waals surface area contributed by atoms with Gasteiger partial charge in [0.25, 0.3) is 0 Å². The van der Waals surface area contributed by atoms with Crippen LogP contribution in [0, 0.1) is 0 Å². The second kappa shape index (κ2) is 7.53. The summed E-state index contributed by atoms with van der Waals surface area (Å²) in [4.78, 5) is 22.8. The molecule has 1 aliphatic heterocycles. The number of nitrogens with zero attached hydrogens (tertiary/aromatic N) is 4. The van der Waals surface area contributed by atoms with E-state index in [1.807, 2.05) is 30.6 Å². The first-order chi connectivity index (χ1) is 11.6. The minimum absolute atomic E-state index is 0.00507. The highest BCUT2D eigenvalue weighted by Crippen LogP contribution is 2.19. The first kappa shape index (κ1) is 16.6. The van der Waals surface area contributed by atoms with Gasteiger partial charge in [-0.05, 0) is 17.7 Å². The molecule has 3 rings (SSSR count). The third kappa shape index (κ3) is 3.97. The summed E-state index contributed by atoms with van der Waals surface area (Å²) in [7, 11) is 4.03. The predicted molar refractivity (Wildman–Crippen MR) is 98.9 cm³/mol. The van der Waals surface area contributed by atoms with E-state index in [2.05, 4.69) is 44.4 Å². The first-order valence-electron chi connectivity index (χ1n) is 8.07. The van der Waals surface area contributed by atoms with Gasteiger partial charge in [-0.2, -0.15) is 0 Å². The van der Waals surface area contributed by atoms with Crippen molar-refractivity contribution in [3.05, 3.63) is 41.4 Å². The summed E-state index contributed by atoms with van der Waals surface area (Å²) in [6.45, 7) is 3.67. The van der Waals surface area contributed by atoms with Crippen LogP contribution in [0.1, 0.15) is 5.56 Å². The molecule has 0 saturated carbocycles. The molecular weight excluding hydrogens is 322 g/mol. The van der Waals surface area contributed by atoms with Crippen molar-refractivity contribution in [3.8, 4) is 0 Å². The standard InChI is InChI=1S/C17H23N5OS/c1-20(2)15-5-3-14(4-6-15)13-19-16(23)21-8-10-22(11-9-21)17-18-7-12-24-17/h3-7,12H,8-11,13H2,1-2H3,(H,19,23). The second-order valence-corrected chi connectivity index (χ2v) is 6.88. The molecule has 0 spiro atoms. The van der Waals surface area contributed by atoms with Gasteiger partial charge >= 0.3 is 6.03 Å². The van der Waals surface area contributed by atoms with Gasteiger partial charge in [0.05, 0.1) is 0 Å². The largest absolute Gasteiger partial charge is 0.378 e. The van der Waals surface area contributed by atoms with E-state index in [-0.39, 0.29) is 6.03 Å². The van der Waals surface area contributed by atoms with E-state index >= 15 is 0 Å². The molecule has 1 saturated heterocycles. The summed E-state index contributed by atoms with van der Waals surface area (Å²) in [5.74, 6) is 0. The van der Waals surface area contributed by atoms with Gasteiger partial charge in [-0.3, -0.25) is 0 Å². The van der Waals surface area contributed by atoms with E-state index in [9.17, 15) is 4.79 Å². The molecule has 0 bridgehead atoms. The molecule has 7 heteroatoms. The zero-order chi connectivity index (χ0) is 16.9. The number of carbonyl (C=O) groups is 1. The molecule has 128 valence electrons. The molecule has 24 heavy (non-hydrogen) atoms. The van der Waals surface area contributed by atoms with Crippen molar-refractivity contribution in [1.29, 1.82) is 0 Å². The molecule has 1 aromatic heterocycles. The zero-order valence-corrected chi connectivity index (χ0v) is 14.9. The highest BCUT2D eigenvalue weighted by atomic mass is 32.1. The number of nitrogens with one attached hydrogen (secondary N) is 1. The molecule has 2 amide bonds. The van der Waals surface area contributed by atoms with Gasteiger partial charge in [-0.15, -0.1) is 11.3 Å². The topological polar surface area (TPSA) is 51.7 Å². The maximum Gasteiger partial charge on any atom is 0.317 e. The van der Waals surface area contributed by atoms with Crippen LogP contribution in [0.15, 0.2) is 35.8 Å². The summed E-state index contributed by atoms with van der Waals surface area (Å²) >= 11 is 1.64. The monoisotopic (exact) mass is 345 g/mol. The Kier molecular flexibility index (Phi) is 5.20. The fraction of sp³-hybridized carbons (Fsp3) is 0.412. The predicted octanol–water partition coefficient (Wildman–Crippen LogP) is 2.24. The van der Waals surface area contributed by atoms with E-state index in [0.717, 1.165) is 42.6 Å². The lowest BCUT2D eigenvalue weighted by atomic mass is 10.2. The Bertz CT molecular complexity index is 648. The third-order valence-corrected chi connectivity index (χ3v) is 4.99. The van der Waals surface area contributed by atoms with Gasteiger partial charge in [-0.1, -0.05) is 12.1 Å². The van der Waals surface area contributed by atoms with Crippen molar-refractivity contribution >= 4 is 28.2 Å². The van der Waals surface area contributed by atoms with E-state index < -0.39 is 0 Å². The van der Waals surface area contributed by atoms with Crippen molar-refractivity contribution in [2.24, 2.45) is 0 Å². The lowest BCUT2D eigenvalue weighted by molar-refractivity contribution is 0.194. The van der Waals surface area contributed by atoms with Gasteiger partial charge in [-0.25, -0.2) is 9.78 Å². The lowest BCUT2D eigenvalue weighted by Gasteiger charge is -2.34. The van der Waals surface area contributed by atoms with Gasteiger partial charge in [0.2, 0.25) is 0 Å². The van der Waals surface area contributed by atoms with Gasteiger partial charge in [0, 0.05) is 64.1 Å². The number of urea groups is 1. The number of rotatable bonds is 4. The van der Waals surface area contributed by atoms with Crippen LogP contribution in [0.2, 0.25) is 0 Å². The van der Waals surface area contributed by atoms with Gasteiger partial charge in [0.15, 0.2) is 5.13 Å². The van der Waals surface area contributed by atoms with Crippen molar-refractivity contribution in [2.75, 3.05) is 50.1 Å². The fourth-order valence-electron chi connectivity index (χ4n) is 2.67. The number of aromatic nitrogens is 1. The molecule has 0 aliphatic carbocycles. The van der Waals surface area contributed by atoms with Crippen LogP contribution >= 0.6 is 11.3 Å². The SMILES string of the molecule is CN(C)c1ccc(CNC(=O)N2CCN(c3nccs3)CC2)cc1. The Balaban J connectivity index is 1.46. The van der Waals surface area contributed by atoms with Crippen LogP contribution < -0.4 is 15.1 Å². The summed E-state index contributed by atoms with van der Waals surface area (Å²) in [5.41, 5.74) is 2.26. The number of amides is 2. The van der Waals surface area contributed by atoms with Crippen LogP contribution in [0.4, 0.5) is 15.6 Å². The van der Waals surface area contributed by atoms with Crippen LogP contribution in [-0.4, -0.2) is 56.2 Å². The molecule has 1 N–H and O–H groups in total. The van der Waals surface area contributed by atoms with E-state index in [1.54, 1.807) is 11.3 Å². The number of carbonyl (C=O) groups excluding carboxylic acids is 1. The highest BCUT2D eigenvalue weighted by Gasteiger charge is 2.22. The van der Waals surface area contributed by atoms with Crippen molar-refractivity contribution in [1.82, 2.24) is 15.2 Å². The molecule has 1 aromatic carbocycles. The third-order valence-electron chi connectivity index (χ3n) is 4.15. The molecule has 0 radical (unpaired) electrons. The number of hydrogen-bond donors (Lipinski definition) is 1. The van der Waals surface area contributed by atoms with Crippen molar-refractivity contribution < 1.29 is 4.79 Å². The molecule has 0 atom stereocenters. The maximum absolute atomic E-state index is 12.3. The van der Waals surface area contributed by atoms with Crippen LogP contribution in [0.25, 0.3) is 0 Å². The zero-order valence-electron chi connectivity index (χ0n) is 14.1. The molecular formula is C17H23N5OS. The number of benzene rings is 1. The van der Waals surface area contributed by atoms with E-state index in [1.165, 1.54) is 0 Å².